The first kappa shape index (κ1) is 18.1. The number of hydrogen-bond donors (Lipinski definition) is 1. The van der Waals surface area contributed by atoms with Gasteiger partial charge in [0.25, 0.3) is 0 Å². The van der Waals surface area contributed by atoms with Gasteiger partial charge in [0.2, 0.25) is 5.82 Å². The summed E-state index contributed by atoms with van der Waals surface area (Å²) in [6.45, 7) is 2.66. The minimum Gasteiger partial charge on any atom is -0.348 e. The molecule has 0 aliphatic carbocycles. The fourth-order valence-electron chi connectivity index (χ4n) is 2.89. The third-order valence-corrected chi connectivity index (χ3v) is 4.32. The van der Waals surface area contributed by atoms with Gasteiger partial charge in [0, 0.05) is 31.7 Å². The fourth-order valence-corrected chi connectivity index (χ4v) is 2.89. The summed E-state index contributed by atoms with van der Waals surface area (Å²) in [6.07, 6.45) is -4.51. The lowest BCUT2D eigenvalue weighted by atomic mass is 10.0. The second-order valence-corrected chi connectivity index (χ2v) is 6.12. The van der Waals surface area contributed by atoms with Crippen LogP contribution in [0.5, 0.6) is 0 Å². The van der Waals surface area contributed by atoms with Crippen LogP contribution in [0.25, 0.3) is 11.3 Å². The van der Waals surface area contributed by atoms with Gasteiger partial charge in [-0.15, -0.1) is 0 Å². The van der Waals surface area contributed by atoms with Gasteiger partial charge in [0.1, 0.15) is 0 Å². The van der Waals surface area contributed by atoms with Crippen molar-refractivity contribution in [2.75, 3.05) is 38.1 Å². The lowest BCUT2D eigenvalue weighted by Gasteiger charge is -2.32. The van der Waals surface area contributed by atoms with E-state index in [9.17, 15) is 18.1 Å². The molecule has 0 bridgehead atoms. The lowest BCUT2D eigenvalue weighted by molar-refractivity contribution is -0.474. The molecule has 1 saturated heterocycles. The van der Waals surface area contributed by atoms with E-state index in [4.69, 9.17) is 5.84 Å². The highest BCUT2D eigenvalue weighted by Crippen LogP contribution is 2.37. The highest BCUT2D eigenvalue weighted by Gasteiger charge is 2.34. The highest BCUT2D eigenvalue weighted by atomic mass is 19.4. The van der Waals surface area contributed by atoms with E-state index in [1.165, 1.54) is 24.3 Å². The van der Waals surface area contributed by atoms with Gasteiger partial charge in [0.05, 0.1) is 22.2 Å². The molecular formula is C17H18F3N5O+. The van der Waals surface area contributed by atoms with Crippen LogP contribution in [-0.2, 0) is 6.18 Å². The molecule has 6 nitrogen and oxygen atoms in total. The molecule has 3 rings (SSSR count). The zero-order valence-electron chi connectivity index (χ0n) is 14.1. The normalized spacial score (nSPS) is 15.9. The summed E-state index contributed by atoms with van der Waals surface area (Å²) in [5.74, 6) is 5.57. The molecule has 0 amide bonds. The Morgan fingerprint density at radius 3 is 2.46 bits per heavy atom. The molecule has 0 atom stereocenters. The van der Waals surface area contributed by atoms with Crippen LogP contribution >= 0.6 is 0 Å². The van der Waals surface area contributed by atoms with Crippen molar-refractivity contribution in [1.29, 1.82) is 0 Å². The Labute approximate surface area is 148 Å². The molecule has 1 aliphatic heterocycles. The first-order valence-electron chi connectivity index (χ1n) is 8.02. The van der Waals surface area contributed by atoms with Crippen molar-refractivity contribution >= 4 is 11.5 Å². The van der Waals surface area contributed by atoms with Gasteiger partial charge >= 0.3 is 11.9 Å². The maximum atomic E-state index is 13.3. The van der Waals surface area contributed by atoms with Gasteiger partial charge in [-0.3, -0.25) is 0 Å². The summed E-state index contributed by atoms with van der Waals surface area (Å²) in [4.78, 5) is 20.1. The summed E-state index contributed by atoms with van der Waals surface area (Å²) in [7, 11) is 1.97. The zero-order valence-corrected chi connectivity index (χ0v) is 14.1. The number of nitrogens with zero attached hydrogens (tertiary/aromatic N) is 4. The number of hydrazine groups is 1. The average molecular weight is 365 g/mol. The topological polar surface area (TPSA) is 65.5 Å². The van der Waals surface area contributed by atoms with E-state index >= 15 is 0 Å². The molecule has 0 spiro atoms. The van der Waals surface area contributed by atoms with E-state index in [-0.39, 0.29) is 27.6 Å². The summed E-state index contributed by atoms with van der Waals surface area (Å²) < 4.78 is 39.9. The molecular weight excluding hydrogens is 347 g/mol. The Bertz CT molecular complexity index is 816. The van der Waals surface area contributed by atoms with Crippen LogP contribution < -0.4 is 10.7 Å². The predicted molar refractivity (Wildman–Crippen MR) is 90.7 cm³/mol. The molecule has 1 aromatic carbocycles. The van der Waals surface area contributed by atoms with Gasteiger partial charge in [-0.2, -0.15) is 19.0 Å². The number of piperazine rings is 1. The van der Waals surface area contributed by atoms with E-state index in [1.54, 1.807) is 0 Å². The van der Waals surface area contributed by atoms with Gasteiger partial charge in [0.15, 0.2) is 4.87 Å². The quantitative estimate of drug-likeness (QED) is 0.515. The number of nitroso groups, excluding NO2 is 1. The first-order chi connectivity index (χ1) is 12.3. The number of alkyl halides is 3. The van der Waals surface area contributed by atoms with Crippen LogP contribution in [0.3, 0.4) is 0 Å². The number of hydrogen-bond acceptors (Lipinski definition) is 4. The molecule has 9 heteroatoms. The number of aromatic nitrogens is 1. The van der Waals surface area contributed by atoms with Crippen molar-refractivity contribution in [3.8, 4) is 11.3 Å². The van der Waals surface area contributed by atoms with Crippen LogP contribution in [0, 0.1) is 11.0 Å². The van der Waals surface area contributed by atoms with Gasteiger partial charge in [-0.25, -0.2) is 4.98 Å². The highest BCUT2D eigenvalue weighted by molar-refractivity contribution is 5.70. The second-order valence-electron chi connectivity index (χ2n) is 6.12. The van der Waals surface area contributed by atoms with Gasteiger partial charge in [-0.1, -0.05) is 18.2 Å². The summed E-state index contributed by atoms with van der Waals surface area (Å²) in [5, 5.41) is 0. The van der Waals surface area contributed by atoms with Crippen LogP contribution in [0.1, 0.15) is 5.56 Å². The van der Waals surface area contributed by atoms with E-state index in [2.05, 4.69) is 16.0 Å². The number of pyridine rings is 1. The summed E-state index contributed by atoms with van der Waals surface area (Å²) in [6, 6.07) is 9.15. The molecule has 137 valence electrons. The molecule has 26 heavy (non-hydrogen) atoms. The summed E-state index contributed by atoms with van der Waals surface area (Å²) in [5.41, 5.74) is -0.752. The Balaban J connectivity index is 2.08. The fraction of sp³-hybridized carbons (Fsp3) is 0.353. The van der Waals surface area contributed by atoms with E-state index in [0.717, 1.165) is 19.2 Å². The van der Waals surface area contributed by atoms with Crippen molar-refractivity contribution in [2.24, 2.45) is 5.84 Å². The number of nitrogens with two attached hydrogens (primary N) is 1. The molecule has 2 N–H and O–H groups in total. The number of anilines is 1. The Kier molecular flexibility index (Phi) is 4.82. The summed E-state index contributed by atoms with van der Waals surface area (Å²) >= 11 is 0. The van der Waals surface area contributed by atoms with Gasteiger partial charge < -0.3 is 9.80 Å². The third kappa shape index (κ3) is 3.62. The maximum Gasteiger partial charge on any atom is 0.417 e. The van der Waals surface area contributed by atoms with E-state index in [0.29, 0.717) is 13.1 Å². The van der Waals surface area contributed by atoms with Crippen molar-refractivity contribution in [3.05, 3.63) is 46.9 Å². The van der Waals surface area contributed by atoms with Crippen LogP contribution in [0.4, 0.5) is 24.7 Å². The average Bonchev–Trinajstić information content (AvgIpc) is 2.61. The molecule has 0 unspecified atom stereocenters. The molecule has 2 heterocycles. The Morgan fingerprint density at radius 2 is 1.85 bits per heavy atom. The van der Waals surface area contributed by atoms with Crippen molar-refractivity contribution in [2.45, 2.75) is 6.18 Å². The van der Waals surface area contributed by atoms with Crippen molar-refractivity contribution in [3.63, 3.8) is 0 Å². The van der Waals surface area contributed by atoms with Crippen molar-refractivity contribution in [1.82, 2.24) is 9.88 Å². The molecule has 1 aliphatic rings. The number of rotatable bonds is 3. The molecule has 1 aromatic heterocycles. The lowest BCUT2D eigenvalue weighted by Crippen LogP contribution is -2.45. The van der Waals surface area contributed by atoms with Crippen molar-refractivity contribution < 1.29 is 18.0 Å². The third-order valence-electron chi connectivity index (χ3n) is 4.32. The zero-order chi connectivity index (χ0) is 18.9. The smallest absolute Gasteiger partial charge is 0.348 e. The Hall–Kier alpha value is -2.68. The SMILES string of the molecule is CN1CCN(c2nc(-c3ccccc3C(F)(F)F)c[c]c2[N+](N)=O)CC1. The molecule has 0 saturated carbocycles. The maximum absolute atomic E-state index is 13.3. The molecule has 1 radical (unpaired) electrons. The van der Waals surface area contributed by atoms with Crippen LogP contribution in [0.2, 0.25) is 0 Å². The van der Waals surface area contributed by atoms with Gasteiger partial charge in [-0.05, 0) is 19.2 Å². The minimum absolute atomic E-state index is 0.00259. The van der Waals surface area contributed by atoms with E-state index < -0.39 is 11.7 Å². The predicted octanol–water partition coefficient (Wildman–Crippen LogP) is 2.60. The standard InChI is InChI=1S/C17H18F3N5O/c1-23-8-10-24(11-9-23)16-15(25(21)26)7-6-14(22-16)12-4-2-3-5-13(12)17(18,19)20/h2-6H,8-11H2,1H3,(H2,21,26)/q+1. The molecule has 2 aromatic rings. The monoisotopic (exact) mass is 365 g/mol. The second kappa shape index (κ2) is 6.91. The minimum atomic E-state index is -4.51. The largest absolute Gasteiger partial charge is 0.417 e. The molecule has 1 fully saturated rings. The first-order valence-corrected chi connectivity index (χ1v) is 8.02. The van der Waals surface area contributed by atoms with Crippen LogP contribution in [-0.4, -0.2) is 48.0 Å². The van der Waals surface area contributed by atoms with Crippen LogP contribution in [0.15, 0.2) is 30.3 Å². The number of likely N-dealkylation sites (N-methyl/N-ethyl adjacent to an activating group) is 1. The number of halogens is 3. The Morgan fingerprint density at radius 1 is 1.19 bits per heavy atom. The van der Waals surface area contributed by atoms with E-state index in [1.807, 2.05) is 11.9 Å². The number of benzene rings is 1.